The van der Waals surface area contributed by atoms with Crippen molar-refractivity contribution in [3.8, 4) is 11.5 Å². The number of rotatable bonds is 6. The Labute approximate surface area is 102 Å². The van der Waals surface area contributed by atoms with Crippen LogP contribution in [0, 0.1) is 5.41 Å². The van der Waals surface area contributed by atoms with Crippen molar-refractivity contribution >= 4 is 0 Å². The predicted molar refractivity (Wildman–Crippen MR) is 67.5 cm³/mol. The topological polar surface area (TPSA) is 64.7 Å². The van der Waals surface area contributed by atoms with E-state index in [4.69, 9.17) is 15.2 Å². The highest BCUT2D eigenvalue weighted by atomic mass is 16.5. The van der Waals surface area contributed by atoms with Crippen molar-refractivity contribution in [3.63, 3.8) is 0 Å². The molecule has 96 valence electrons. The fourth-order valence-corrected chi connectivity index (χ4v) is 1.65. The third-order valence-electron chi connectivity index (χ3n) is 2.99. The Morgan fingerprint density at radius 1 is 1.29 bits per heavy atom. The zero-order chi connectivity index (χ0) is 12.9. The van der Waals surface area contributed by atoms with Gasteiger partial charge >= 0.3 is 0 Å². The van der Waals surface area contributed by atoms with E-state index in [1.165, 1.54) is 0 Å². The second-order valence-electron chi connectivity index (χ2n) is 4.53. The van der Waals surface area contributed by atoms with Gasteiger partial charge in [-0.25, -0.2) is 0 Å². The Morgan fingerprint density at radius 2 is 2.00 bits per heavy atom. The molecule has 0 saturated carbocycles. The van der Waals surface area contributed by atoms with Crippen LogP contribution in [0.4, 0.5) is 0 Å². The number of aliphatic hydroxyl groups excluding tert-OH is 1. The highest BCUT2D eigenvalue weighted by Gasteiger charge is 2.23. The van der Waals surface area contributed by atoms with Gasteiger partial charge in [-0.3, -0.25) is 0 Å². The first-order valence-corrected chi connectivity index (χ1v) is 5.60. The van der Waals surface area contributed by atoms with Crippen LogP contribution in [0.2, 0.25) is 0 Å². The lowest BCUT2D eigenvalue weighted by Gasteiger charge is -2.26. The fraction of sp³-hybridized carbons (Fsp3) is 0.538. The second kappa shape index (κ2) is 5.89. The molecule has 1 unspecified atom stereocenters. The van der Waals surface area contributed by atoms with Gasteiger partial charge in [0, 0.05) is 24.6 Å². The normalized spacial score (nSPS) is 14.2. The Balaban J connectivity index is 2.98. The average molecular weight is 239 g/mol. The largest absolute Gasteiger partial charge is 0.497 e. The Hall–Kier alpha value is -1.26. The molecule has 0 spiro atoms. The molecule has 0 heterocycles. The van der Waals surface area contributed by atoms with Gasteiger partial charge < -0.3 is 20.3 Å². The van der Waals surface area contributed by atoms with Crippen LogP contribution in [-0.2, 0) is 6.42 Å². The lowest BCUT2D eigenvalue weighted by molar-refractivity contribution is 0.148. The summed E-state index contributed by atoms with van der Waals surface area (Å²) < 4.78 is 10.5. The van der Waals surface area contributed by atoms with Crippen molar-refractivity contribution in [3.05, 3.63) is 23.8 Å². The molecule has 0 fully saturated rings. The van der Waals surface area contributed by atoms with Crippen LogP contribution in [0.25, 0.3) is 0 Å². The fourth-order valence-electron chi connectivity index (χ4n) is 1.65. The molecular formula is C13H21NO3. The van der Waals surface area contributed by atoms with Crippen molar-refractivity contribution in [2.45, 2.75) is 13.3 Å². The lowest BCUT2D eigenvalue weighted by atomic mass is 9.84. The average Bonchev–Trinajstić information content (AvgIpc) is 2.39. The van der Waals surface area contributed by atoms with E-state index in [1.54, 1.807) is 14.2 Å². The zero-order valence-corrected chi connectivity index (χ0v) is 10.7. The molecule has 4 heteroatoms. The molecule has 0 saturated heterocycles. The maximum Gasteiger partial charge on any atom is 0.125 e. The first-order chi connectivity index (χ1) is 8.08. The van der Waals surface area contributed by atoms with Crippen molar-refractivity contribution in [2.75, 3.05) is 27.4 Å². The molecule has 0 radical (unpaired) electrons. The molecule has 0 aliphatic heterocycles. The molecule has 17 heavy (non-hydrogen) atoms. The molecule has 4 nitrogen and oxygen atoms in total. The summed E-state index contributed by atoms with van der Waals surface area (Å²) in [5, 5.41) is 9.37. The van der Waals surface area contributed by atoms with Crippen molar-refractivity contribution in [1.82, 2.24) is 0 Å². The summed E-state index contributed by atoms with van der Waals surface area (Å²) in [6.45, 7) is 2.44. The number of hydrogen-bond acceptors (Lipinski definition) is 4. The SMILES string of the molecule is COc1ccc(CC(C)(CN)CO)c(OC)c1. The van der Waals surface area contributed by atoms with Crippen LogP contribution in [0.1, 0.15) is 12.5 Å². The van der Waals surface area contributed by atoms with Crippen LogP contribution in [0.15, 0.2) is 18.2 Å². The summed E-state index contributed by atoms with van der Waals surface area (Å²) in [6, 6.07) is 5.66. The minimum absolute atomic E-state index is 0.0542. The minimum atomic E-state index is -0.318. The molecule has 1 atom stereocenters. The van der Waals surface area contributed by atoms with Crippen molar-refractivity contribution < 1.29 is 14.6 Å². The van der Waals surface area contributed by atoms with Gasteiger partial charge in [-0.15, -0.1) is 0 Å². The van der Waals surface area contributed by atoms with Gasteiger partial charge in [0.25, 0.3) is 0 Å². The van der Waals surface area contributed by atoms with Gasteiger partial charge in [0.15, 0.2) is 0 Å². The standard InChI is InChI=1S/C13H21NO3/c1-13(8-14,9-15)7-10-4-5-11(16-2)6-12(10)17-3/h4-6,15H,7-9,14H2,1-3H3. The van der Waals surface area contributed by atoms with E-state index in [0.29, 0.717) is 13.0 Å². The predicted octanol–water partition coefficient (Wildman–Crippen LogP) is 1.20. The smallest absolute Gasteiger partial charge is 0.125 e. The highest BCUT2D eigenvalue weighted by Crippen LogP contribution is 2.30. The van der Waals surface area contributed by atoms with Gasteiger partial charge in [-0.1, -0.05) is 13.0 Å². The summed E-state index contributed by atoms with van der Waals surface area (Å²) >= 11 is 0. The van der Waals surface area contributed by atoms with Crippen LogP contribution in [0.3, 0.4) is 0 Å². The number of methoxy groups -OCH3 is 2. The molecule has 1 aromatic carbocycles. The maximum absolute atomic E-state index is 9.37. The number of benzene rings is 1. The zero-order valence-electron chi connectivity index (χ0n) is 10.7. The molecular weight excluding hydrogens is 218 g/mol. The van der Waals surface area contributed by atoms with Crippen LogP contribution >= 0.6 is 0 Å². The molecule has 0 aliphatic rings. The number of ether oxygens (including phenoxy) is 2. The summed E-state index contributed by atoms with van der Waals surface area (Å²) in [4.78, 5) is 0. The molecule has 0 aromatic heterocycles. The third-order valence-corrected chi connectivity index (χ3v) is 2.99. The van der Waals surface area contributed by atoms with Crippen molar-refractivity contribution in [2.24, 2.45) is 11.1 Å². The molecule has 3 N–H and O–H groups in total. The lowest BCUT2D eigenvalue weighted by Crippen LogP contribution is -2.33. The van der Waals surface area contributed by atoms with Crippen molar-refractivity contribution in [1.29, 1.82) is 0 Å². The highest BCUT2D eigenvalue weighted by molar-refractivity contribution is 5.41. The van der Waals surface area contributed by atoms with Gasteiger partial charge in [0.2, 0.25) is 0 Å². The Morgan fingerprint density at radius 3 is 2.47 bits per heavy atom. The first kappa shape index (κ1) is 13.8. The van der Waals surface area contributed by atoms with Gasteiger partial charge in [-0.2, -0.15) is 0 Å². The summed E-state index contributed by atoms with van der Waals surface area (Å²) in [6.07, 6.45) is 0.674. The quantitative estimate of drug-likeness (QED) is 0.783. The van der Waals surface area contributed by atoms with E-state index >= 15 is 0 Å². The maximum atomic E-state index is 9.37. The number of nitrogens with two attached hydrogens (primary N) is 1. The van der Waals surface area contributed by atoms with Crippen LogP contribution < -0.4 is 15.2 Å². The summed E-state index contributed by atoms with van der Waals surface area (Å²) in [7, 11) is 3.24. The van der Waals surface area contributed by atoms with Gasteiger partial charge in [-0.05, 0) is 18.1 Å². The van der Waals surface area contributed by atoms with Gasteiger partial charge in [0.05, 0.1) is 14.2 Å². The Bertz CT molecular complexity index is 362. The summed E-state index contributed by atoms with van der Waals surface area (Å²) in [5.41, 5.74) is 6.39. The van der Waals surface area contributed by atoms with E-state index in [2.05, 4.69) is 0 Å². The second-order valence-corrected chi connectivity index (χ2v) is 4.53. The minimum Gasteiger partial charge on any atom is -0.497 e. The van der Waals surface area contributed by atoms with Gasteiger partial charge in [0.1, 0.15) is 11.5 Å². The van der Waals surface area contributed by atoms with Crippen LogP contribution in [-0.4, -0.2) is 32.5 Å². The van der Waals surface area contributed by atoms with E-state index in [0.717, 1.165) is 17.1 Å². The first-order valence-electron chi connectivity index (χ1n) is 5.60. The summed E-state index contributed by atoms with van der Waals surface area (Å²) in [5.74, 6) is 1.52. The molecule has 0 amide bonds. The van der Waals surface area contributed by atoms with E-state index in [-0.39, 0.29) is 12.0 Å². The van der Waals surface area contributed by atoms with E-state index in [1.807, 2.05) is 25.1 Å². The van der Waals surface area contributed by atoms with E-state index < -0.39 is 0 Å². The monoisotopic (exact) mass is 239 g/mol. The molecule has 1 aromatic rings. The number of hydrogen-bond donors (Lipinski definition) is 2. The molecule has 0 aliphatic carbocycles. The Kier molecular flexibility index (Phi) is 4.78. The van der Waals surface area contributed by atoms with E-state index in [9.17, 15) is 5.11 Å². The molecule has 1 rings (SSSR count). The number of aliphatic hydroxyl groups is 1. The molecule has 0 bridgehead atoms. The third kappa shape index (κ3) is 3.35. The van der Waals surface area contributed by atoms with Crippen LogP contribution in [0.5, 0.6) is 11.5 Å².